The Kier molecular flexibility index (Phi) is 3.36. The number of carbonyl (C=O) groups is 2. The highest BCUT2D eigenvalue weighted by Crippen LogP contribution is 2.18. The van der Waals surface area contributed by atoms with E-state index in [1.807, 2.05) is 42.5 Å². The van der Waals surface area contributed by atoms with Crippen molar-refractivity contribution in [2.75, 3.05) is 0 Å². The summed E-state index contributed by atoms with van der Waals surface area (Å²) in [5.74, 6) is 5.40. The Bertz CT molecular complexity index is 791. The zero-order valence-electron chi connectivity index (χ0n) is 11.1. The summed E-state index contributed by atoms with van der Waals surface area (Å²) in [7, 11) is 0. The number of hydrogen-bond acceptors (Lipinski definition) is 2. The van der Waals surface area contributed by atoms with Gasteiger partial charge >= 0.3 is 0 Å². The maximum absolute atomic E-state index is 11.6. The van der Waals surface area contributed by atoms with Gasteiger partial charge in [0.25, 0.3) is 11.8 Å². The van der Waals surface area contributed by atoms with Gasteiger partial charge in [-0.25, -0.2) is 0 Å². The first-order valence-corrected chi connectivity index (χ1v) is 6.47. The fourth-order valence-corrected chi connectivity index (χ4v) is 2.03. The SMILES string of the molecule is O=C1C=C(c2ccc(C#Cc3ccccc3)cc2)C(=O)N1. The van der Waals surface area contributed by atoms with Crippen LogP contribution in [0.25, 0.3) is 5.57 Å². The van der Waals surface area contributed by atoms with Gasteiger partial charge in [0.05, 0.1) is 5.57 Å². The molecule has 0 bridgehead atoms. The van der Waals surface area contributed by atoms with Gasteiger partial charge < -0.3 is 0 Å². The lowest BCUT2D eigenvalue weighted by atomic mass is 10.0. The topological polar surface area (TPSA) is 46.2 Å². The first-order chi connectivity index (χ1) is 10.2. The molecule has 0 radical (unpaired) electrons. The van der Waals surface area contributed by atoms with E-state index in [1.165, 1.54) is 6.08 Å². The van der Waals surface area contributed by atoms with Gasteiger partial charge in [0.2, 0.25) is 0 Å². The summed E-state index contributed by atoms with van der Waals surface area (Å²) in [6.45, 7) is 0. The van der Waals surface area contributed by atoms with Gasteiger partial charge in [-0.1, -0.05) is 42.2 Å². The maximum Gasteiger partial charge on any atom is 0.258 e. The molecule has 3 nitrogen and oxygen atoms in total. The van der Waals surface area contributed by atoms with Crippen LogP contribution >= 0.6 is 0 Å². The van der Waals surface area contributed by atoms with E-state index < -0.39 is 0 Å². The van der Waals surface area contributed by atoms with E-state index in [2.05, 4.69) is 17.2 Å². The second-order valence-electron chi connectivity index (χ2n) is 4.57. The summed E-state index contributed by atoms with van der Waals surface area (Å²) >= 11 is 0. The van der Waals surface area contributed by atoms with Gasteiger partial charge in [-0.05, 0) is 29.8 Å². The van der Waals surface area contributed by atoms with Crippen LogP contribution in [0.3, 0.4) is 0 Å². The summed E-state index contributed by atoms with van der Waals surface area (Å²) in [6, 6.07) is 17.0. The number of nitrogens with one attached hydrogen (secondary N) is 1. The van der Waals surface area contributed by atoms with Crippen molar-refractivity contribution < 1.29 is 9.59 Å². The lowest BCUT2D eigenvalue weighted by Crippen LogP contribution is -2.21. The zero-order valence-corrected chi connectivity index (χ0v) is 11.1. The summed E-state index contributed by atoms with van der Waals surface area (Å²) in [5.41, 5.74) is 2.91. The van der Waals surface area contributed by atoms with Crippen LogP contribution in [0.15, 0.2) is 60.7 Å². The molecule has 0 spiro atoms. The van der Waals surface area contributed by atoms with Crippen LogP contribution in [-0.4, -0.2) is 11.8 Å². The molecule has 2 amide bonds. The van der Waals surface area contributed by atoms with Crippen LogP contribution in [-0.2, 0) is 9.59 Å². The van der Waals surface area contributed by atoms with Crippen molar-refractivity contribution in [1.29, 1.82) is 0 Å². The fourth-order valence-electron chi connectivity index (χ4n) is 2.03. The van der Waals surface area contributed by atoms with E-state index in [4.69, 9.17) is 0 Å². The van der Waals surface area contributed by atoms with E-state index in [9.17, 15) is 9.59 Å². The second kappa shape index (κ2) is 5.48. The van der Waals surface area contributed by atoms with Crippen molar-refractivity contribution >= 4 is 17.4 Å². The normalized spacial score (nSPS) is 13.2. The molecule has 0 aromatic heterocycles. The molecule has 2 aromatic carbocycles. The van der Waals surface area contributed by atoms with Gasteiger partial charge in [0, 0.05) is 17.2 Å². The van der Waals surface area contributed by atoms with E-state index >= 15 is 0 Å². The van der Waals surface area contributed by atoms with Crippen molar-refractivity contribution in [3.05, 3.63) is 77.4 Å². The third-order valence-electron chi connectivity index (χ3n) is 3.08. The first-order valence-electron chi connectivity index (χ1n) is 6.47. The highest BCUT2D eigenvalue weighted by molar-refractivity contribution is 6.33. The van der Waals surface area contributed by atoms with E-state index in [-0.39, 0.29) is 11.8 Å². The zero-order chi connectivity index (χ0) is 14.7. The Hall–Kier alpha value is -3.12. The van der Waals surface area contributed by atoms with Crippen molar-refractivity contribution in [1.82, 2.24) is 5.32 Å². The average molecular weight is 273 g/mol. The number of hydrogen-bond donors (Lipinski definition) is 1. The molecule has 1 aliphatic heterocycles. The molecule has 1 aliphatic rings. The predicted molar refractivity (Wildman–Crippen MR) is 80.0 cm³/mol. The monoisotopic (exact) mass is 273 g/mol. The summed E-state index contributed by atoms with van der Waals surface area (Å²) < 4.78 is 0. The summed E-state index contributed by atoms with van der Waals surface area (Å²) in [5, 5.41) is 2.23. The quantitative estimate of drug-likeness (QED) is 0.639. The minimum atomic E-state index is -0.372. The number of benzene rings is 2. The predicted octanol–water partition coefficient (Wildman–Crippen LogP) is 2.13. The second-order valence-corrected chi connectivity index (χ2v) is 4.57. The minimum absolute atomic E-state index is 0.358. The largest absolute Gasteiger partial charge is 0.289 e. The Morgan fingerprint density at radius 3 is 1.95 bits per heavy atom. The molecule has 0 saturated heterocycles. The molecule has 21 heavy (non-hydrogen) atoms. The third kappa shape index (κ3) is 2.90. The van der Waals surface area contributed by atoms with Crippen LogP contribution in [0.5, 0.6) is 0 Å². The molecule has 3 rings (SSSR count). The van der Waals surface area contributed by atoms with Crippen molar-refractivity contribution in [3.63, 3.8) is 0 Å². The lowest BCUT2D eigenvalue weighted by molar-refractivity contribution is -0.123. The number of imide groups is 1. The molecule has 1 heterocycles. The van der Waals surface area contributed by atoms with Crippen LogP contribution in [0, 0.1) is 11.8 Å². The van der Waals surface area contributed by atoms with Gasteiger partial charge in [-0.3, -0.25) is 14.9 Å². The smallest absolute Gasteiger partial charge is 0.258 e. The minimum Gasteiger partial charge on any atom is -0.289 e. The molecular weight excluding hydrogens is 262 g/mol. The van der Waals surface area contributed by atoms with E-state index in [1.54, 1.807) is 12.1 Å². The van der Waals surface area contributed by atoms with Gasteiger partial charge in [0.15, 0.2) is 0 Å². The molecule has 3 heteroatoms. The summed E-state index contributed by atoms with van der Waals surface area (Å²) in [4.78, 5) is 22.7. The van der Waals surface area contributed by atoms with Gasteiger partial charge in [-0.2, -0.15) is 0 Å². The van der Waals surface area contributed by atoms with Crippen LogP contribution in [0.1, 0.15) is 16.7 Å². The van der Waals surface area contributed by atoms with Crippen molar-refractivity contribution in [3.8, 4) is 11.8 Å². The molecule has 0 atom stereocenters. The van der Waals surface area contributed by atoms with Crippen molar-refractivity contribution in [2.45, 2.75) is 0 Å². The fraction of sp³-hybridized carbons (Fsp3) is 0. The van der Waals surface area contributed by atoms with E-state index in [0.29, 0.717) is 11.1 Å². The van der Waals surface area contributed by atoms with Crippen molar-refractivity contribution in [2.24, 2.45) is 0 Å². The molecule has 0 fully saturated rings. The van der Waals surface area contributed by atoms with E-state index in [0.717, 1.165) is 11.1 Å². The van der Waals surface area contributed by atoms with Crippen LogP contribution in [0.2, 0.25) is 0 Å². The Balaban J connectivity index is 1.83. The molecular formula is C18H11NO2. The Morgan fingerprint density at radius 2 is 1.38 bits per heavy atom. The van der Waals surface area contributed by atoms with Crippen LogP contribution in [0.4, 0.5) is 0 Å². The summed E-state index contributed by atoms with van der Waals surface area (Å²) in [6.07, 6.45) is 1.31. The number of rotatable bonds is 1. The Morgan fingerprint density at radius 1 is 0.762 bits per heavy atom. The highest BCUT2D eigenvalue weighted by atomic mass is 16.2. The highest BCUT2D eigenvalue weighted by Gasteiger charge is 2.21. The van der Waals surface area contributed by atoms with Gasteiger partial charge in [-0.15, -0.1) is 0 Å². The molecule has 1 N–H and O–H groups in total. The molecule has 2 aromatic rings. The average Bonchev–Trinajstić information content (AvgIpc) is 2.85. The standard InChI is InChI=1S/C18H11NO2/c20-17-12-16(18(21)19-17)15-10-8-14(9-11-15)7-6-13-4-2-1-3-5-13/h1-5,8-12H,(H,19,20,21). The van der Waals surface area contributed by atoms with Crippen LogP contribution < -0.4 is 5.32 Å². The molecule has 100 valence electrons. The first kappa shape index (κ1) is 12.9. The molecule has 0 aliphatic carbocycles. The lowest BCUT2D eigenvalue weighted by Gasteiger charge is -1.99. The number of amides is 2. The Labute approximate surface area is 122 Å². The third-order valence-corrected chi connectivity index (χ3v) is 3.08. The molecule has 0 saturated carbocycles. The molecule has 0 unspecified atom stereocenters. The maximum atomic E-state index is 11.6. The number of carbonyl (C=O) groups excluding carboxylic acids is 2. The van der Waals surface area contributed by atoms with Gasteiger partial charge in [0.1, 0.15) is 0 Å².